The van der Waals surface area contributed by atoms with Crippen LogP contribution < -0.4 is 10.1 Å². The number of carboxylic acids is 1. The number of phenolic OH excluding ortho intramolecular Hbond substituents is 3. The number of aromatic hydroxyl groups is 3. The topological polar surface area (TPSA) is 644 Å². The van der Waals surface area contributed by atoms with E-state index in [1.807, 2.05) is 0 Å². The van der Waals surface area contributed by atoms with Gasteiger partial charge in [-0.1, -0.05) is 30.3 Å². The maximum absolute atomic E-state index is 13.5. The smallest absolute Gasteiger partial charge is 0.337 e. The van der Waals surface area contributed by atoms with Crippen molar-refractivity contribution in [3.05, 3.63) is 167 Å². The summed E-state index contributed by atoms with van der Waals surface area (Å²) in [7, 11) is -35.7. The predicted molar refractivity (Wildman–Crippen MR) is 387 cm³/mol. The number of aliphatic hydroxyl groups is 1. The molecule has 0 saturated heterocycles. The van der Waals surface area contributed by atoms with Crippen molar-refractivity contribution >= 4 is 166 Å². The van der Waals surface area contributed by atoms with E-state index in [1.54, 1.807) is 30.3 Å². The average molecular weight is 1640 g/mol. The molecule has 0 amide bonds. The van der Waals surface area contributed by atoms with Gasteiger partial charge in [-0.05, 0) is 152 Å². The number of nitrogens with one attached hydrogen (secondary N) is 1. The second-order valence-corrected chi connectivity index (χ2v) is 33.0. The molecule has 13 N–H and O–H groups in total. The van der Waals surface area contributed by atoms with Gasteiger partial charge in [0.2, 0.25) is 0 Å². The molecule has 9 rings (SSSR count). The Labute approximate surface area is 617 Å². The van der Waals surface area contributed by atoms with Gasteiger partial charge in [-0.15, -0.1) is 25.6 Å². The Morgan fingerprint density at radius 1 is 0.532 bits per heavy atom. The van der Waals surface area contributed by atoms with E-state index in [2.05, 4.69) is 56.5 Å². The van der Waals surface area contributed by atoms with Crippen LogP contribution in [0.5, 0.6) is 23.0 Å². The fourth-order valence-electron chi connectivity index (χ4n) is 10.3. The van der Waals surface area contributed by atoms with Crippen LogP contribution in [-0.4, -0.2) is 147 Å². The van der Waals surface area contributed by atoms with Gasteiger partial charge < -0.3 is 35.6 Å². The van der Waals surface area contributed by atoms with E-state index < -0.39 is 192 Å². The van der Waals surface area contributed by atoms with Gasteiger partial charge >= 0.3 is 5.97 Å². The van der Waals surface area contributed by atoms with Crippen LogP contribution >= 0.6 is 0 Å². The van der Waals surface area contributed by atoms with Crippen molar-refractivity contribution in [1.82, 2.24) is 0 Å². The summed E-state index contributed by atoms with van der Waals surface area (Å²) in [5.74, 6) is -5.37. The van der Waals surface area contributed by atoms with E-state index in [4.69, 9.17) is 4.74 Å². The second kappa shape index (κ2) is 32.9. The number of hydrogen-bond acceptors (Lipinski definition) is 31. The van der Waals surface area contributed by atoms with Crippen LogP contribution in [0.3, 0.4) is 0 Å². The van der Waals surface area contributed by atoms with Crippen LogP contribution in [0.1, 0.15) is 48.0 Å². The molecule has 0 aromatic heterocycles. The number of carbonyl (C=O) groups is 1. The molecule has 0 aliphatic carbocycles. The number of fused-ring (bicyclic) bond motifs is 3. The van der Waals surface area contributed by atoms with Crippen LogP contribution in [0.4, 0.5) is 56.9 Å². The number of ether oxygens (including phenoxy) is 1. The van der Waals surface area contributed by atoms with Gasteiger partial charge in [0.25, 0.3) is 70.8 Å². The van der Waals surface area contributed by atoms with E-state index in [0.717, 1.165) is 54.6 Å². The lowest BCUT2D eigenvalue weighted by molar-refractivity contribution is 0.0697. The van der Waals surface area contributed by atoms with Crippen LogP contribution in [0.15, 0.2) is 226 Å². The third-order valence-electron chi connectivity index (χ3n) is 15.3. The van der Waals surface area contributed by atoms with Crippen molar-refractivity contribution in [2.45, 2.75) is 64.8 Å². The van der Waals surface area contributed by atoms with E-state index in [1.165, 1.54) is 49.4 Å². The largest absolute Gasteiger partial charge is 0.507 e. The van der Waals surface area contributed by atoms with Crippen molar-refractivity contribution in [2.24, 2.45) is 51.1 Å². The lowest BCUT2D eigenvalue weighted by atomic mass is 10.0. The first-order chi connectivity index (χ1) is 50.9. The molecule has 46 heteroatoms. The number of anilines is 2. The van der Waals surface area contributed by atoms with Gasteiger partial charge in [-0.25, -0.2) is 4.79 Å². The van der Waals surface area contributed by atoms with E-state index in [0.29, 0.717) is 17.8 Å². The number of aryl methyl sites for hydroxylation is 1. The minimum atomic E-state index is -5.53. The number of rotatable bonds is 31. The standard InChI is InChI=1S/C63H57N11O28S7/c1-34-23-50(53(102-21-8-22-103(81,82)83)32-49(34)67-69-51-29-41(106(90,91)92)26-37-27-42(107(93,94)95)30-52(76)57(37)51)68-70-56(14-7-9-35(33-104(84,85)86)24-40(19-20-75)105(87,88)89)71-72-58-46-31-55(109(99,100)101)60(62(78)44(46)17-18-48(58)64-38-10-3-2-4-11-38)73-65-39-15-16-43-36(25-39)28-54(108(96,97)98)59(61(43)77)74-66-47-13-6-5-12-45(47)63(79)80/h2-6,10-13,15-18,23-33,56,64,75-78H,7-9,14,19-22H2,1H3,(H,79,80)(H,81,82,83)(H,84,85,86)(H,87,88,89)(H,90,91,92)(H,93,94,95)(H,96,97,98)(H,99,100,101)/b35-33-,40-24+,69-67?,70-68?,72-71-,73-65?,74-66?. The van der Waals surface area contributed by atoms with Gasteiger partial charge in [0.05, 0.1) is 66.2 Å². The van der Waals surface area contributed by atoms with Crippen molar-refractivity contribution in [3.63, 3.8) is 0 Å². The Hall–Kier alpha value is -11.0. The molecule has 574 valence electrons. The molecule has 0 bridgehead atoms. The maximum atomic E-state index is 13.5. The monoisotopic (exact) mass is 1640 g/mol. The highest BCUT2D eigenvalue weighted by Crippen LogP contribution is 2.49. The van der Waals surface area contributed by atoms with Crippen molar-refractivity contribution in [3.8, 4) is 23.0 Å². The summed E-state index contributed by atoms with van der Waals surface area (Å²) in [6, 6.07) is 26.0. The maximum Gasteiger partial charge on any atom is 0.337 e. The number of phenols is 3. The zero-order valence-electron chi connectivity index (χ0n) is 55.3. The summed E-state index contributed by atoms with van der Waals surface area (Å²) in [5.41, 5.74) is -4.02. The Bertz CT molecular complexity index is 6260. The zero-order chi connectivity index (χ0) is 79.9. The van der Waals surface area contributed by atoms with E-state index in [9.17, 15) is 121 Å². The molecule has 0 heterocycles. The van der Waals surface area contributed by atoms with Gasteiger partial charge in [-0.3, -0.25) is 31.9 Å². The molecule has 9 aromatic rings. The molecule has 0 aliphatic rings. The third-order valence-corrected chi connectivity index (χ3v) is 21.0. The first kappa shape index (κ1) is 82.1. The van der Waals surface area contributed by atoms with Crippen molar-refractivity contribution in [1.29, 1.82) is 0 Å². The third kappa shape index (κ3) is 21.3. The molecule has 9 aromatic carbocycles. The molecular formula is C63H57N11O28S7. The molecular weight excluding hydrogens is 1580 g/mol. The molecule has 109 heavy (non-hydrogen) atoms. The number of aliphatic hydroxyl groups excluding tert-OH is 1. The SMILES string of the molecule is Cc1cc(N=NC(CCCC(=C/S(=O)(=O)O)/C=C(\CCO)S(=O)(=O)O)/N=N\c2c(Nc3ccccc3)ccc3c(O)c(N=Nc4ccc5c(O)c(N=Nc6ccccc6C(=O)O)c(S(=O)(=O)O)cc5c4)c(S(=O)(=O)O)cc23)c(OCCCS(=O)(=O)O)cc1N=Nc1cc(S(=O)(=O)O)cc2cc(S(=O)(=O)O)cc(O)c12. The number of nitrogens with zero attached hydrogens (tertiary/aromatic N) is 10. The number of carboxylic acid groups (broad SMARTS) is 1. The Morgan fingerprint density at radius 2 is 1.13 bits per heavy atom. The predicted octanol–water partition coefficient (Wildman–Crippen LogP) is 13.2. The van der Waals surface area contributed by atoms with Crippen LogP contribution in [0.2, 0.25) is 0 Å². The fourth-order valence-corrected chi connectivity index (χ4v) is 14.4. The first-order valence-corrected chi connectivity index (χ1v) is 40.9. The number of para-hydroxylation sites is 1. The van der Waals surface area contributed by atoms with Gasteiger partial charge in [-0.2, -0.15) is 84.5 Å². The van der Waals surface area contributed by atoms with Gasteiger partial charge in [0.15, 0.2) is 17.7 Å². The molecule has 0 fully saturated rings. The first-order valence-electron chi connectivity index (χ1n) is 30.6. The average Bonchev–Trinajstić information content (AvgIpc) is 0.840. The highest BCUT2D eigenvalue weighted by atomic mass is 32.2. The highest BCUT2D eigenvalue weighted by Gasteiger charge is 2.28. The minimum absolute atomic E-state index is 0.0338. The molecule has 0 radical (unpaired) electrons. The lowest BCUT2D eigenvalue weighted by Crippen LogP contribution is -2.08. The summed E-state index contributed by atoms with van der Waals surface area (Å²) in [5, 5.41) is 96.4. The number of aromatic carboxylic acids is 1. The fraction of sp³-hybridized carbons (Fsp3) is 0.159. The normalized spacial score (nSPS) is 13.7. The summed E-state index contributed by atoms with van der Waals surface area (Å²) < 4.78 is 250. The summed E-state index contributed by atoms with van der Waals surface area (Å²) in [4.78, 5) is 6.97. The van der Waals surface area contributed by atoms with Crippen LogP contribution in [-0.2, 0) is 70.8 Å². The Kier molecular flexibility index (Phi) is 24.8. The van der Waals surface area contributed by atoms with Crippen LogP contribution in [0.25, 0.3) is 32.3 Å². The summed E-state index contributed by atoms with van der Waals surface area (Å²) in [6.07, 6.45) is -3.49. The molecule has 1 unspecified atom stereocenters. The van der Waals surface area contributed by atoms with Crippen LogP contribution in [0, 0.1) is 6.92 Å². The Morgan fingerprint density at radius 3 is 1.75 bits per heavy atom. The Balaban J connectivity index is 1.19. The number of allylic oxidation sites excluding steroid dienone is 2. The number of azo groups is 5. The molecule has 0 spiro atoms. The molecule has 1 atom stereocenters. The lowest BCUT2D eigenvalue weighted by Gasteiger charge is -2.15. The molecule has 0 aliphatic heterocycles. The number of hydrogen-bond donors (Lipinski definition) is 13. The second-order valence-electron chi connectivity index (χ2n) is 23.1. The summed E-state index contributed by atoms with van der Waals surface area (Å²) >= 11 is 0. The summed E-state index contributed by atoms with van der Waals surface area (Å²) in [6.45, 7) is 0.00674. The van der Waals surface area contributed by atoms with Crippen molar-refractivity contribution < 1.29 is 126 Å². The molecule has 39 nitrogen and oxygen atoms in total. The quantitative estimate of drug-likeness (QED) is 0.00830. The minimum Gasteiger partial charge on any atom is -0.507 e. The zero-order valence-corrected chi connectivity index (χ0v) is 61.0. The van der Waals surface area contributed by atoms with E-state index in [-0.39, 0.29) is 95.1 Å². The van der Waals surface area contributed by atoms with Gasteiger partial charge in [0, 0.05) is 47.0 Å². The van der Waals surface area contributed by atoms with Gasteiger partial charge in [0.1, 0.15) is 49.7 Å². The highest BCUT2D eigenvalue weighted by molar-refractivity contribution is 7.90. The van der Waals surface area contributed by atoms with E-state index >= 15 is 0 Å². The number of benzene rings is 9. The molecule has 0 saturated carbocycles. The van der Waals surface area contributed by atoms with Crippen molar-refractivity contribution in [2.75, 3.05) is 24.3 Å².